The molecule has 1 saturated heterocycles. The fourth-order valence-electron chi connectivity index (χ4n) is 5.19. The summed E-state index contributed by atoms with van der Waals surface area (Å²) in [7, 11) is -2.33. The first-order chi connectivity index (χ1) is 21.0. The minimum Gasteiger partial charge on any atom is -0.494 e. The number of amides is 1. The lowest BCUT2D eigenvalue weighted by molar-refractivity contribution is 0.0240. The summed E-state index contributed by atoms with van der Waals surface area (Å²) >= 11 is 0. The van der Waals surface area contributed by atoms with Crippen LogP contribution in [0.5, 0.6) is 5.75 Å². The monoisotopic (exact) mass is 615 g/mol. The lowest BCUT2D eigenvalue weighted by Gasteiger charge is -2.36. The molecule has 0 saturated carbocycles. The van der Waals surface area contributed by atoms with Crippen molar-refractivity contribution in [3.05, 3.63) is 66.7 Å². The molecular formula is C31H33N7O5S. The molecule has 228 valence electrons. The van der Waals surface area contributed by atoms with Gasteiger partial charge >= 0.3 is 6.09 Å². The van der Waals surface area contributed by atoms with E-state index in [2.05, 4.69) is 14.9 Å². The van der Waals surface area contributed by atoms with Gasteiger partial charge in [-0.2, -0.15) is 0 Å². The summed E-state index contributed by atoms with van der Waals surface area (Å²) in [6.45, 7) is 9.35. The van der Waals surface area contributed by atoms with E-state index in [1.165, 1.54) is 10.2 Å². The Morgan fingerprint density at radius 1 is 0.955 bits per heavy atom. The number of fused-ring (bicyclic) bond motifs is 2. The fraction of sp³-hybridized carbons (Fsp3) is 0.323. The average molecular weight is 616 g/mol. The van der Waals surface area contributed by atoms with E-state index in [-0.39, 0.29) is 16.6 Å². The number of carbonyl (C=O) groups excluding carboxylic acids is 1. The maximum atomic E-state index is 13.6. The van der Waals surface area contributed by atoms with Crippen LogP contribution in [-0.2, 0) is 14.8 Å². The number of rotatable bonds is 5. The van der Waals surface area contributed by atoms with E-state index in [1.807, 2.05) is 27.7 Å². The number of benzene rings is 1. The molecule has 1 aliphatic rings. The SMILES string of the molecule is COc1cncc2nc(-c3ccnc4c3ccn4S(=O)(=O)c3ccc(C)cc3)nc(N3CCN(C(=O)OC(C)(C)C)CC3)c12. The molecule has 0 spiro atoms. The normalized spacial score (nSPS) is 14.3. The van der Waals surface area contributed by atoms with Gasteiger partial charge in [-0.15, -0.1) is 0 Å². The van der Waals surface area contributed by atoms with E-state index in [1.54, 1.807) is 67.0 Å². The molecule has 4 aromatic heterocycles. The van der Waals surface area contributed by atoms with Gasteiger partial charge in [-0.1, -0.05) is 17.7 Å². The van der Waals surface area contributed by atoms with Crippen molar-refractivity contribution in [2.24, 2.45) is 0 Å². The summed E-state index contributed by atoms with van der Waals surface area (Å²) in [5, 5.41) is 1.28. The summed E-state index contributed by atoms with van der Waals surface area (Å²) in [6, 6.07) is 10.2. The van der Waals surface area contributed by atoms with Gasteiger partial charge in [0.05, 0.1) is 35.3 Å². The molecule has 0 atom stereocenters. The number of anilines is 1. The van der Waals surface area contributed by atoms with Crippen LogP contribution in [0, 0.1) is 6.92 Å². The summed E-state index contributed by atoms with van der Waals surface area (Å²) in [4.78, 5) is 35.2. The summed E-state index contributed by atoms with van der Waals surface area (Å²) in [5.41, 5.74) is 1.83. The molecule has 0 aliphatic carbocycles. The predicted molar refractivity (Wildman–Crippen MR) is 166 cm³/mol. The van der Waals surface area contributed by atoms with Crippen LogP contribution in [0.1, 0.15) is 26.3 Å². The number of aryl methyl sites for hydroxylation is 1. The Morgan fingerprint density at radius 2 is 1.68 bits per heavy atom. The van der Waals surface area contributed by atoms with Crippen molar-refractivity contribution in [1.82, 2.24) is 28.8 Å². The Bertz CT molecular complexity index is 1980. The van der Waals surface area contributed by atoms with Gasteiger partial charge in [0.15, 0.2) is 11.5 Å². The molecule has 13 heteroatoms. The molecule has 0 N–H and O–H groups in total. The fourth-order valence-corrected chi connectivity index (χ4v) is 6.50. The van der Waals surface area contributed by atoms with E-state index in [0.29, 0.717) is 65.4 Å². The van der Waals surface area contributed by atoms with Crippen LogP contribution in [0.15, 0.2) is 66.1 Å². The average Bonchev–Trinajstić information content (AvgIpc) is 3.45. The zero-order chi connectivity index (χ0) is 31.2. The largest absolute Gasteiger partial charge is 0.494 e. The van der Waals surface area contributed by atoms with Crippen molar-refractivity contribution in [2.75, 3.05) is 38.2 Å². The highest BCUT2D eigenvalue weighted by molar-refractivity contribution is 7.90. The predicted octanol–water partition coefficient (Wildman–Crippen LogP) is 4.65. The van der Waals surface area contributed by atoms with Crippen molar-refractivity contribution >= 4 is 43.9 Å². The Labute approximate surface area is 255 Å². The number of pyridine rings is 2. The Hall–Kier alpha value is -4.78. The molecule has 1 amide bonds. The zero-order valence-electron chi connectivity index (χ0n) is 25.2. The molecular weight excluding hydrogens is 582 g/mol. The molecule has 12 nitrogen and oxygen atoms in total. The van der Waals surface area contributed by atoms with Crippen LogP contribution in [0.25, 0.3) is 33.3 Å². The number of aromatic nitrogens is 5. The molecule has 1 aliphatic heterocycles. The second kappa shape index (κ2) is 11.1. The van der Waals surface area contributed by atoms with Gasteiger partial charge in [0, 0.05) is 49.5 Å². The molecule has 1 aromatic carbocycles. The van der Waals surface area contributed by atoms with Crippen LogP contribution in [0.3, 0.4) is 0 Å². The second-order valence-corrected chi connectivity index (χ2v) is 13.4. The molecule has 5 aromatic rings. The van der Waals surface area contributed by atoms with E-state index >= 15 is 0 Å². The third-order valence-corrected chi connectivity index (χ3v) is 9.06. The highest BCUT2D eigenvalue weighted by atomic mass is 32.2. The van der Waals surface area contributed by atoms with Crippen molar-refractivity contribution in [3.63, 3.8) is 0 Å². The van der Waals surface area contributed by atoms with Crippen LogP contribution < -0.4 is 9.64 Å². The standard InChI is InChI=1S/C31H33N7O5S/c1-20-6-8-21(9-7-20)44(40,41)38-13-11-23-22(10-12-33-28(23)38)27-34-24-18-32-19-25(42-5)26(24)29(35-27)36-14-16-37(17-15-36)30(39)43-31(2,3)4/h6-13,18-19H,14-17H2,1-5H3. The van der Waals surface area contributed by atoms with Crippen molar-refractivity contribution in [1.29, 1.82) is 0 Å². The molecule has 0 radical (unpaired) electrons. The first-order valence-electron chi connectivity index (χ1n) is 14.2. The third-order valence-electron chi connectivity index (χ3n) is 7.38. The van der Waals surface area contributed by atoms with Gasteiger partial charge in [0.2, 0.25) is 0 Å². The number of methoxy groups -OCH3 is 1. The third kappa shape index (κ3) is 5.39. The first kappa shape index (κ1) is 29.3. The van der Waals surface area contributed by atoms with Gasteiger partial charge in [0.25, 0.3) is 10.0 Å². The highest BCUT2D eigenvalue weighted by Gasteiger charge is 2.29. The van der Waals surface area contributed by atoms with Gasteiger partial charge < -0.3 is 19.3 Å². The van der Waals surface area contributed by atoms with Gasteiger partial charge in [-0.05, 0) is 52.0 Å². The van der Waals surface area contributed by atoms with Crippen LogP contribution in [-0.4, -0.2) is 82.2 Å². The minimum absolute atomic E-state index is 0.167. The van der Waals surface area contributed by atoms with Crippen molar-refractivity contribution < 1.29 is 22.7 Å². The van der Waals surface area contributed by atoms with E-state index in [9.17, 15) is 13.2 Å². The first-order valence-corrected chi connectivity index (χ1v) is 15.6. The lowest BCUT2D eigenvalue weighted by Crippen LogP contribution is -2.50. The van der Waals surface area contributed by atoms with E-state index in [4.69, 9.17) is 19.4 Å². The van der Waals surface area contributed by atoms with Crippen LogP contribution in [0.4, 0.5) is 10.6 Å². The summed E-state index contributed by atoms with van der Waals surface area (Å²) in [5.74, 6) is 1.54. The van der Waals surface area contributed by atoms with Gasteiger partial charge in [-0.25, -0.2) is 32.1 Å². The molecule has 6 rings (SSSR count). The van der Waals surface area contributed by atoms with Crippen molar-refractivity contribution in [3.8, 4) is 17.1 Å². The molecule has 0 bridgehead atoms. The number of ether oxygens (including phenoxy) is 2. The second-order valence-electron chi connectivity index (χ2n) is 11.6. The maximum Gasteiger partial charge on any atom is 0.410 e. The van der Waals surface area contributed by atoms with Crippen LogP contribution in [0.2, 0.25) is 0 Å². The number of nitrogens with zero attached hydrogens (tertiary/aromatic N) is 7. The van der Waals surface area contributed by atoms with E-state index in [0.717, 1.165) is 5.56 Å². The quantitative estimate of drug-likeness (QED) is 0.275. The van der Waals surface area contributed by atoms with E-state index < -0.39 is 15.6 Å². The molecule has 1 fully saturated rings. The number of piperazine rings is 1. The summed E-state index contributed by atoms with van der Waals surface area (Å²) < 4.78 is 39.5. The van der Waals surface area contributed by atoms with Crippen molar-refractivity contribution in [2.45, 2.75) is 38.2 Å². The summed E-state index contributed by atoms with van der Waals surface area (Å²) in [6.07, 6.45) is 5.96. The Balaban J connectivity index is 1.42. The molecule has 5 heterocycles. The minimum atomic E-state index is -3.89. The lowest BCUT2D eigenvalue weighted by atomic mass is 10.1. The van der Waals surface area contributed by atoms with Crippen LogP contribution >= 0.6 is 0 Å². The molecule has 44 heavy (non-hydrogen) atoms. The Kier molecular flexibility index (Phi) is 7.36. The smallest absolute Gasteiger partial charge is 0.410 e. The zero-order valence-corrected chi connectivity index (χ0v) is 26.0. The number of hydrogen-bond donors (Lipinski definition) is 0. The van der Waals surface area contributed by atoms with Gasteiger partial charge in [0.1, 0.15) is 17.2 Å². The van der Waals surface area contributed by atoms with Gasteiger partial charge in [-0.3, -0.25) is 4.98 Å². The topological polar surface area (TPSA) is 133 Å². The number of carbonyl (C=O) groups is 1. The highest BCUT2D eigenvalue weighted by Crippen LogP contribution is 2.36. The maximum absolute atomic E-state index is 13.6. The molecule has 0 unspecified atom stereocenters. The number of hydrogen-bond acceptors (Lipinski definition) is 10. The Morgan fingerprint density at radius 3 is 2.36 bits per heavy atom.